The molecule has 0 aromatic heterocycles. The van der Waals surface area contributed by atoms with Gasteiger partial charge in [0, 0.05) is 39.5 Å². The Hall–Kier alpha value is -3.23. The fraction of sp³-hybridized carbons (Fsp3) is 0.720. The summed E-state index contributed by atoms with van der Waals surface area (Å²) in [7, 11) is 1.23. The maximum absolute atomic E-state index is 12.3. The minimum Gasteiger partial charge on any atom is -0.472 e. The largest absolute Gasteiger partial charge is 0.472 e. The number of ether oxygens (including phenoxy) is 8. The van der Waals surface area contributed by atoms with Crippen molar-refractivity contribution in [3.63, 3.8) is 0 Å². The summed E-state index contributed by atoms with van der Waals surface area (Å²) in [5, 5.41) is 10.6. The summed E-state index contributed by atoms with van der Waals surface area (Å²) in [5.74, 6) is -5.02. The molecule has 2 aliphatic heterocycles. The molecule has 2 heterocycles. The van der Waals surface area contributed by atoms with Gasteiger partial charge < -0.3 is 43.0 Å². The van der Waals surface area contributed by atoms with Gasteiger partial charge in [-0.25, -0.2) is 4.79 Å². The van der Waals surface area contributed by atoms with Crippen LogP contribution in [0, 0.1) is 17.8 Å². The fourth-order valence-corrected chi connectivity index (χ4v) is 5.22. The zero-order chi connectivity index (χ0) is 29.0. The smallest absolute Gasteiger partial charge is 0.337 e. The summed E-state index contributed by atoms with van der Waals surface area (Å²) in [4.78, 5) is 59.8. The van der Waals surface area contributed by atoms with Crippen LogP contribution in [0.1, 0.15) is 41.0 Å². The van der Waals surface area contributed by atoms with Crippen LogP contribution in [-0.2, 0) is 61.9 Å². The van der Waals surface area contributed by atoms with E-state index in [1.165, 1.54) is 13.4 Å². The van der Waals surface area contributed by atoms with E-state index in [4.69, 9.17) is 37.9 Å². The fourth-order valence-electron chi connectivity index (χ4n) is 5.22. The first-order valence-corrected chi connectivity index (χ1v) is 12.4. The van der Waals surface area contributed by atoms with Crippen LogP contribution in [-0.4, -0.2) is 91.8 Å². The van der Waals surface area contributed by atoms with Gasteiger partial charge in [-0.1, -0.05) is 6.92 Å². The van der Waals surface area contributed by atoms with Gasteiger partial charge in [-0.05, 0) is 12.3 Å². The Balaban J connectivity index is 1.99. The third-order valence-electron chi connectivity index (χ3n) is 6.85. The van der Waals surface area contributed by atoms with E-state index < -0.39 is 91.4 Å². The van der Waals surface area contributed by atoms with Crippen molar-refractivity contribution in [1.82, 2.24) is 0 Å². The molecule has 1 N–H and O–H groups in total. The second kappa shape index (κ2) is 12.7. The Kier molecular flexibility index (Phi) is 9.91. The molecule has 0 spiro atoms. The van der Waals surface area contributed by atoms with Gasteiger partial charge >= 0.3 is 29.8 Å². The third kappa shape index (κ3) is 7.05. The first-order valence-electron chi connectivity index (χ1n) is 12.4. The molecule has 0 bridgehead atoms. The summed E-state index contributed by atoms with van der Waals surface area (Å²) in [6.07, 6.45) is -7.34. The van der Waals surface area contributed by atoms with Crippen LogP contribution in [0.25, 0.3) is 0 Å². The summed E-state index contributed by atoms with van der Waals surface area (Å²) in [6, 6.07) is 0. The van der Waals surface area contributed by atoms with Gasteiger partial charge in [0.2, 0.25) is 12.6 Å². The summed E-state index contributed by atoms with van der Waals surface area (Å²) in [5.41, 5.74) is 0.229. The van der Waals surface area contributed by atoms with Crippen molar-refractivity contribution in [3.05, 3.63) is 11.8 Å². The molecule has 1 aliphatic carbocycles. The summed E-state index contributed by atoms with van der Waals surface area (Å²) >= 11 is 0. The molecule has 1 saturated carbocycles. The SMILES string of the molecule is COC(=O)C1=CO[C@@H](O[C@@H]2O[C@H](COC(C)=O)[C@@H](OC(C)=O)[C@H](OC(C)=O)[C@H]2OC(C)=O)[C@@H]2[C@H](C)[C@@H](O)C[C@H]12. The lowest BCUT2D eigenvalue weighted by Gasteiger charge is -2.46. The lowest BCUT2D eigenvalue weighted by Crippen LogP contribution is -2.63. The molecule has 0 radical (unpaired) electrons. The number of hydrogen-bond acceptors (Lipinski definition) is 14. The van der Waals surface area contributed by atoms with Crippen molar-refractivity contribution in [3.8, 4) is 0 Å². The van der Waals surface area contributed by atoms with Crippen LogP contribution < -0.4 is 0 Å². The van der Waals surface area contributed by atoms with E-state index in [2.05, 4.69) is 0 Å². The summed E-state index contributed by atoms with van der Waals surface area (Å²) in [6.45, 7) is 5.85. The maximum atomic E-state index is 12.3. The molecule has 14 heteroatoms. The molecule has 10 atom stereocenters. The first-order chi connectivity index (χ1) is 18.3. The third-order valence-corrected chi connectivity index (χ3v) is 6.85. The first kappa shape index (κ1) is 30.3. The van der Waals surface area contributed by atoms with Gasteiger partial charge in [0.05, 0.1) is 25.0 Å². The normalized spacial score (nSPS) is 35.4. The number of esters is 5. The molecule has 0 aromatic carbocycles. The number of carbonyl (C=O) groups is 5. The van der Waals surface area contributed by atoms with Crippen molar-refractivity contribution < 1.29 is 67.0 Å². The molecule has 0 aromatic rings. The average Bonchev–Trinajstić information content (AvgIpc) is 3.14. The average molecular weight is 559 g/mol. The molecule has 1 saturated heterocycles. The van der Waals surface area contributed by atoms with Gasteiger partial charge in [-0.2, -0.15) is 0 Å². The van der Waals surface area contributed by atoms with E-state index in [9.17, 15) is 29.1 Å². The molecule has 14 nitrogen and oxygen atoms in total. The highest BCUT2D eigenvalue weighted by atomic mass is 16.8. The predicted octanol–water partition coefficient (Wildman–Crippen LogP) is 0.132. The van der Waals surface area contributed by atoms with Crippen molar-refractivity contribution in [1.29, 1.82) is 0 Å². The van der Waals surface area contributed by atoms with Gasteiger partial charge in [-0.15, -0.1) is 0 Å². The number of carbonyl (C=O) groups excluding carboxylic acids is 5. The van der Waals surface area contributed by atoms with Crippen molar-refractivity contribution in [2.24, 2.45) is 17.8 Å². The Morgan fingerprint density at radius 2 is 1.49 bits per heavy atom. The maximum Gasteiger partial charge on any atom is 0.337 e. The van der Waals surface area contributed by atoms with Crippen molar-refractivity contribution >= 4 is 29.8 Å². The molecular formula is C25H34O14. The predicted molar refractivity (Wildman–Crippen MR) is 125 cm³/mol. The molecule has 218 valence electrons. The topological polar surface area (TPSA) is 179 Å². The monoisotopic (exact) mass is 558 g/mol. The van der Waals surface area contributed by atoms with Crippen LogP contribution in [0.5, 0.6) is 0 Å². The van der Waals surface area contributed by atoms with Crippen LogP contribution in [0.15, 0.2) is 11.8 Å². The standard InChI is InChI=1S/C25H34O14/c1-10-17(30)7-15-16(23(31)32-6)8-34-24(19(10)15)39-25-22(37-14(5)29)21(36-13(4)28)20(35-12(3)27)18(38-25)9-33-11(2)26/h8,10,15,17-22,24-25,30H,7,9H2,1-6H3/t10-,15-,17+,18-,19-,20-,21+,22-,24+,25+/m1/s1. The zero-order valence-electron chi connectivity index (χ0n) is 22.5. The van der Waals surface area contributed by atoms with E-state index in [1.54, 1.807) is 6.92 Å². The van der Waals surface area contributed by atoms with Crippen LogP contribution >= 0.6 is 0 Å². The Labute approximate surface area is 224 Å². The van der Waals surface area contributed by atoms with E-state index >= 15 is 0 Å². The van der Waals surface area contributed by atoms with E-state index in [0.717, 1.165) is 27.7 Å². The van der Waals surface area contributed by atoms with E-state index in [0.29, 0.717) is 0 Å². The zero-order valence-corrected chi connectivity index (χ0v) is 22.5. The Morgan fingerprint density at radius 3 is 2.05 bits per heavy atom. The summed E-state index contributed by atoms with van der Waals surface area (Å²) < 4.78 is 44.0. The van der Waals surface area contributed by atoms with Crippen molar-refractivity contribution in [2.75, 3.05) is 13.7 Å². The Morgan fingerprint density at radius 1 is 0.897 bits per heavy atom. The van der Waals surface area contributed by atoms with E-state index in [-0.39, 0.29) is 17.9 Å². The molecule has 0 unspecified atom stereocenters. The highest BCUT2D eigenvalue weighted by molar-refractivity contribution is 5.89. The lowest BCUT2D eigenvalue weighted by atomic mass is 9.83. The van der Waals surface area contributed by atoms with Crippen LogP contribution in [0.4, 0.5) is 0 Å². The number of fused-ring (bicyclic) bond motifs is 1. The quantitative estimate of drug-likeness (QED) is 0.314. The number of methoxy groups -OCH3 is 1. The van der Waals surface area contributed by atoms with Crippen LogP contribution in [0.2, 0.25) is 0 Å². The molecule has 39 heavy (non-hydrogen) atoms. The molecular weight excluding hydrogens is 524 g/mol. The molecule has 3 aliphatic rings. The Bertz CT molecular complexity index is 991. The van der Waals surface area contributed by atoms with Crippen molar-refractivity contribution in [2.45, 2.75) is 84.1 Å². The van der Waals surface area contributed by atoms with E-state index in [1.807, 2.05) is 0 Å². The highest BCUT2D eigenvalue weighted by Crippen LogP contribution is 2.47. The van der Waals surface area contributed by atoms with Gasteiger partial charge in [-0.3, -0.25) is 19.2 Å². The minimum atomic E-state index is -1.48. The molecule has 3 rings (SSSR count). The number of hydrogen-bond donors (Lipinski definition) is 1. The number of aliphatic hydroxyl groups excluding tert-OH is 1. The minimum absolute atomic E-state index is 0.229. The number of rotatable bonds is 8. The van der Waals surface area contributed by atoms with Crippen LogP contribution in [0.3, 0.4) is 0 Å². The van der Waals surface area contributed by atoms with Gasteiger partial charge in [0.15, 0.2) is 18.3 Å². The second-order valence-electron chi connectivity index (χ2n) is 9.62. The van der Waals surface area contributed by atoms with Gasteiger partial charge in [0.1, 0.15) is 12.7 Å². The number of aliphatic hydroxyl groups is 1. The molecule has 0 amide bonds. The van der Waals surface area contributed by atoms with Gasteiger partial charge in [0.25, 0.3) is 0 Å². The highest BCUT2D eigenvalue weighted by Gasteiger charge is 2.56. The lowest BCUT2D eigenvalue weighted by molar-refractivity contribution is -0.345. The molecule has 2 fully saturated rings. The second-order valence-corrected chi connectivity index (χ2v) is 9.62.